The third kappa shape index (κ3) is 5.08. The number of carbonyl (C=O) groups excluding carboxylic acids is 1. The molecule has 3 heteroatoms. The van der Waals surface area contributed by atoms with E-state index in [9.17, 15) is 4.79 Å². The van der Waals surface area contributed by atoms with Gasteiger partial charge in [0, 0.05) is 26.6 Å². The first-order chi connectivity index (χ1) is 7.53. The van der Waals surface area contributed by atoms with Crippen molar-refractivity contribution in [3.05, 3.63) is 0 Å². The predicted octanol–water partition coefficient (Wildman–Crippen LogP) is 2.72. The third-order valence-electron chi connectivity index (χ3n) is 3.29. The van der Waals surface area contributed by atoms with Crippen LogP contribution in [0.4, 0.5) is 0 Å². The number of carbonyl (C=O) groups is 1. The van der Waals surface area contributed by atoms with Gasteiger partial charge in [0.05, 0.1) is 11.7 Å². The van der Waals surface area contributed by atoms with Crippen molar-refractivity contribution in [2.24, 2.45) is 0 Å². The van der Waals surface area contributed by atoms with Crippen LogP contribution in [0.3, 0.4) is 0 Å². The highest BCUT2D eigenvalue weighted by molar-refractivity contribution is 5.78. The van der Waals surface area contributed by atoms with E-state index in [-0.39, 0.29) is 11.7 Å². The number of hydrogen-bond donors (Lipinski definition) is 0. The first-order valence-corrected chi connectivity index (χ1v) is 6.22. The van der Waals surface area contributed by atoms with E-state index in [1.54, 1.807) is 7.11 Å². The van der Waals surface area contributed by atoms with Crippen LogP contribution in [-0.2, 0) is 14.3 Å². The monoisotopic (exact) mass is 228 g/mol. The maximum Gasteiger partial charge on any atom is 0.135 e. The van der Waals surface area contributed by atoms with Gasteiger partial charge in [-0.15, -0.1) is 0 Å². The second-order valence-electron chi connectivity index (χ2n) is 5.20. The van der Waals surface area contributed by atoms with E-state index >= 15 is 0 Å². The Morgan fingerprint density at radius 2 is 2.19 bits per heavy atom. The highest BCUT2D eigenvalue weighted by Crippen LogP contribution is 2.19. The van der Waals surface area contributed by atoms with Gasteiger partial charge in [-0.05, 0) is 39.5 Å². The van der Waals surface area contributed by atoms with Crippen molar-refractivity contribution in [1.29, 1.82) is 0 Å². The minimum atomic E-state index is -0.191. The largest absolute Gasteiger partial charge is 0.379 e. The summed E-state index contributed by atoms with van der Waals surface area (Å²) < 4.78 is 10.8. The molecule has 1 rings (SSSR count). The average molecular weight is 228 g/mol. The van der Waals surface area contributed by atoms with E-state index in [1.165, 1.54) is 6.42 Å². The molecule has 0 aliphatic carbocycles. The minimum absolute atomic E-state index is 0.173. The van der Waals surface area contributed by atoms with Gasteiger partial charge in [0.1, 0.15) is 5.78 Å². The fourth-order valence-corrected chi connectivity index (χ4v) is 1.87. The smallest absolute Gasteiger partial charge is 0.135 e. The molecule has 0 aromatic carbocycles. The number of Topliss-reactive ketones (excluding diaryl/α,β-unsaturated/α-hetero) is 1. The van der Waals surface area contributed by atoms with Crippen molar-refractivity contribution in [1.82, 2.24) is 0 Å². The molecule has 1 unspecified atom stereocenters. The summed E-state index contributed by atoms with van der Waals surface area (Å²) in [6, 6.07) is 0. The fraction of sp³-hybridized carbons (Fsp3) is 0.923. The molecule has 3 nitrogen and oxygen atoms in total. The topological polar surface area (TPSA) is 35.5 Å². The van der Waals surface area contributed by atoms with Crippen molar-refractivity contribution in [3.63, 3.8) is 0 Å². The molecule has 0 spiro atoms. The summed E-state index contributed by atoms with van der Waals surface area (Å²) in [5.41, 5.74) is -0.191. The van der Waals surface area contributed by atoms with Crippen LogP contribution in [-0.4, -0.2) is 31.2 Å². The van der Waals surface area contributed by atoms with E-state index in [0.717, 1.165) is 25.9 Å². The lowest BCUT2D eigenvalue weighted by Gasteiger charge is -2.24. The molecular weight excluding hydrogens is 204 g/mol. The zero-order valence-corrected chi connectivity index (χ0v) is 10.8. The van der Waals surface area contributed by atoms with Crippen LogP contribution in [0.1, 0.15) is 52.4 Å². The lowest BCUT2D eigenvalue weighted by atomic mass is 9.97. The van der Waals surface area contributed by atoms with Crippen molar-refractivity contribution in [3.8, 4) is 0 Å². The van der Waals surface area contributed by atoms with Gasteiger partial charge < -0.3 is 9.47 Å². The van der Waals surface area contributed by atoms with Gasteiger partial charge in [-0.2, -0.15) is 0 Å². The summed E-state index contributed by atoms with van der Waals surface area (Å²) in [5.74, 6) is 0.303. The molecule has 0 aromatic rings. The lowest BCUT2D eigenvalue weighted by molar-refractivity contribution is -0.124. The van der Waals surface area contributed by atoms with Crippen LogP contribution in [0.5, 0.6) is 0 Å². The Balaban J connectivity index is 2.19. The first kappa shape index (κ1) is 13.7. The summed E-state index contributed by atoms with van der Waals surface area (Å²) in [6.45, 7) is 4.84. The van der Waals surface area contributed by atoms with Gasteiger partial charge in [-0.25, -0.2) is 0 Å². The Hall–Kier alpha value is -0.410. The van der Waals surface area contributed by atoms with E-state index in [1.807, 2.05) is 13.8 Å². The van der Waals surface area contributed by atoms with Gasteiger partial charge >= 0.3 is 0 Å². The molecule has 1 atom stereocenters. The molecule has 1 aliphatic rings. The van der Waals surface area contributed by atoms with Crippen LogP contribution >= 0.6 is 0 Å². The molecule has 0 aromatic heterocycles. The first-order valence-electron chi connectivity index (χ1n) is 6.22. The van der Waals surface area contributed by atoms with Crippen LogP contribution in [0, 0.1) is 0 Å². The Bertz CT molecular complexity index is 217. The van der Waals surface area contributed by atoms with E-state index < -0.39 is 0 Å². The SMILES string of the molecule is COC(C)(C)CCC(=O)CC1CCCCO1. The van der Waals surface area contributed by atoms with Gasteiger partial charge in [0.25, 0.3) is 0 Å². The number of ketones is 1. The van der Waals surface area contributed by atoms with Gasteiger partial charge in [0.15, 0.2) is 0 Å². The Morgan fingerprint density at radius 1 is 1.44 bits per heavy atom. The summed E-state index contributed by atoms with van der Waals surface area (Å²) in [4.78, 5) is 11.7. The second kappa shape index (κ2) is 6.36. The highest BCUT2D eigenvalue weighted by atomic mass is 16.5. The molecule has 16 heavy (non-hydrogen) atoms. The van der Waals surface area contributed by atoms with E-state index in [4.69, 9.17) is 9.47 Å². The number of rotatable bonds is 6. The van der Waals surface area contributed by atoms with Crippen LogP contribution in [0.15, 0.2) is 0 Å². The fourth-order valence-electron chi connectivity index (χ4n) is 1.87. The van der Waals surface area contributed by atoms with Crippen LogP contribution in [0.2, 0.25) is 0 Å². The van der Waals surface area contributed by atoms with E-state index in [0.29, 0.717) is 18.6 Å². The summed E-state index contributed by atoms with van der Waals surface area (Å²) >= 11 is 0. The maximum absolute atomic E-state index is 11.7. The molecule has 0 radical (unpaired) electrons. The zero-order chi connectivity index (χ0) is 12.0. The van der Waals surface area contributed by atoms with Crippen LogP contribution in [0.25, 0.3) is 0 Å². The standard InChI is InChI=1S/C13H24O3/c1-13(2,15-3)8-7-11(14)10-12-6-4-5-9-16-12/h12H,4-10H2,1-3H3. The third-order valence-corrected chi connectivity index (χ3v) is 3.29. The molecule has 0 amide bonds. The quantitative estimate of drug-likeness (QED) is 0.701. The van der Waals surface area contributed by atoms with Crippen molar-refractivity contribution in [2.45, 2.75) is 64.1 Å². The molecule has 94 valence electrons. The molecule has 0 N–H and O–H groups in total. The minimum Gasteiger partial charge on any atom is -0.379 e. The number of methoxy groups -OCH3 is 1. The van der Waals surface area contributed by atoms with Crippen LogP contribution < -0.4 is 0 Å². The maximum atomic E-state index is 11.7. The van der Waals surface area contributed by atoms with Gasteiger partial charge in [0.2, 0.25) is 0 Å². The normalized spacial score (nSPS) is 22.1. The van der Waals surface area contributed by atoms with Crippen molar-refractivity contribution in [2.75, 3.05) is 13.7 Å². The number of ether oxygens (including phenoxy) is 2. The van der Waals surface area contributed by atoms with E-state index in [2.05, 4.69) is 0 Å². The second-order valence-corrected chi connectivity index (χ2v) is 5.20. The molecule has 1 aliphatic heterocycles. The molecule has 1 heterocycles. The number of hydrogen-bond acceptors (Lipinski definition) is 3. The summed E-state index contributed by atoms with van der Waals surface area (Å²) in [5, 5.41) is 0. The van der Waals surface area contributed by atoms with Crippen molar-refractivity contribution < 1.29 is 14.3 Å². The predicted molar refractivity (Wildman–Crippen MR) is 63.5 cm³/mol. The summed E-state index contributed by atoms with van der Waals surface area (Å²) in [6.07, 6.45) is 5.52. The Morgan fingerprint density at radius 3 is 2.75 bits per heavy atom. The zero-order valence-electron chi connectivity index (χ0n) is 10.8. The molecular formula is C13H24O3. The Kier molecular flexibility index (Phi) is 5.42. The molecule has 0 saturated carbocycles. The van der Waals surface area contributed by atoms with Gasteiger partial charge in [-0.1, -0.05) is 0 Å². The highest BCUT2D eigenvalue weighted by Gasteiger charge is 2.21. The average Bonchev–Trinajstić information content (AvgIpc) is 2.28. The lowest BCUT2D eigenvalue weighted by Crippen LogP contribution is -2.26. The summed E-state index contributed by atoms with van der Waals surface area (Å²) in [7, 11) is 1.69. The molecule has 1 saturated heterocycles. The van der Waals surface area contributed by atoms with Gasteiger partial charge in [-0.3, -0.25) is 4.79 Å². The Labute approximate surface area is 98.5 Å². The molecule has 0 bridgehead atoms. The van der Waals surface area contributed by atoms with Crippen molar-refractivity contribution >= 4 is 5.78 Å². The molecule has 1 fully saturated rings.